The first kappa shape index (κ1) is 11.6. The average molecular weight is 248 g/mol. The first-order chi connectivity index (χ1) is 9.27. The summed E-state index contributed by atoms with van der Waals surface area (Å²) >= 11 is 0. The molecular weight excluding hydrogens is 236 g/mol. The van der Waals surface area contributed by atoms with Crippen LogP contribution in [0.15, 0.2) is 60.7 Å². The van der Waals surface area contributed by atoms with E-state index in [2.05, 4.69) is 0 Å². The third kappa shape index (κ3) is 2.02. The van der Waals surface area contributed by atoms with Gasteiger partial charge in [0.15, 0.2) is 0 Å². The number of rotatable bonds is 2. The molecule has 3 rings (SSSR count). The Balaban J connectivity index is 1.96. The number of hydrogen-bond acceptors (Lipinski definition) is 2. The molecule has 0 aromatic heterocycles. The van der Waals surface area contributed by atoms with Gasteiger partial charge in [-0.2, -0.15) is 0 Å². The normalized spacial score (nSPS) is 18.0. The zero-order valence-electron chi connectivity index (χ0n) is 10.2. The molecule has 2 aromatic rings. The summed E-state index contributed by atoms with van der Waals surface area (Å²) in [6.45, 7) is 0. The lowest BCUT2D eigenvalue weighted by atomic mass is 9.99. The van der Waals surface area contributed by atoms with Gasteiger partial charge < -0.3 is 0 Å². The number of allylic oxidation sites excluding steroid dienone is 1. The van der Waals surface area contributed by atoms with Crippen LogP contribution in [-0.2, 0) is 4.79 Å². The Morgan fingerprint density at radius 1 is 0.842 bits per heavy atom. The predicted molar refractivity (Wildman–Crippen MR) is 74.0 cm³/mol. The summed E-state index contributed by atoms with van der Waals surface area (Å²) in [7, 11) is 0. The summed E-state index contributed by atoms with van der Waals surface area (Å²) in [5, 5.41) is 0. The van der Waals surface area contributed by atoms with E-state index in [4.69, 9.17) is 0 Å². The molecule has 0 amide bonds. The maximum atomic E-state index is 12.0. The van der Waals surface area contributed by atoms with Crippen LogP contribution in [0.1, 0.15) is 27.4 Å². The lowest BCUT2D eigenvalue weighted by Gasteiger charge is -2.02. The van der Waals surface area contributed by atoms with E-state index in [-0.39, 0.29) is 11.6 Å². The molecule has 1 unspecified atom stereocenters. The molecule has 0 saturated heterocycles. The molecule has 0 bridgehead atoms. The van der Waals surface area contributed by atoms with Gasteiger partial charge in [0, 0.05) is 5.56 Å². The topological polar surface area (TPSA) is 34.1 Å². The monoisotopic (exact) mass is 248 g/mol. The van der Waals surface area contributed by atoms with Gasteiger partial charge in [0.2, 0.25) is 11.6 Å². The van der Waals surface area contributed by atoms with Crippen molar-refractivity contribution < 1.29 is 9.59 Å². The molecule has 0 fully saturated rings. The van der Waals surface area contributed by atoms with Crippen molar-refractivity contribution in [1.29, 1.82) is 0 Å². The van der Waals surface area contributed by atoms with Crippen molar-refractivity contribution in [3.63, 3.8) is 0 Å². The molecule has 1 aliphatic rings. The third-order valence-electron chi connectivity index (χ3n) is 3.33. The highest BCUT2D eigenvalue weighted by Gasteiger charge is 2.35. The van der Waals surface area contributed by atoms with E-state index in [9.17, 15) is 9.59 Å². The molecular formula is C17H12O2. The van der Waals surface area contributed by atoms with Gasteiger partial charge in [-0.1, -0.05) is 66.7 Å². The van der Waals surface area contributed by atoms with E-state index < -0.39 is 5.92 Å². The standard InChI is InChI=1S/C17H12O2/c18-16-14-9-5-4-8-13(14)15(17(16)19)11-10-12-6-2-1-3-7-12/h1-11,15H. The summed E-state index contributed by atoms with van der Waals surface area (Å²) in [5.41, 5.74) is 2.37. The van der Waals surface area contributed by atoms with Crippen molar-refractivity contribution in [1.82, 2.24) is 0 Å². The minimum atomic E-state index is -0.441. The Kier molecular flexibility index (Phi) is 2.84. The quantitative estimate of drug-likeness (QED) is 0.764. The fraction of sp³-hybridized carbons (Fsp3) is 0.0588. The molecule has 2 nitrogen and oxygen atoms in total. The van der Waals surface area contributed by atoms with Gasteiger partial charge in [-0.3, -0.25) is 9.59 Å². The summed E-state index contributed by atoms with van der Waals surface area (Å²) in [6, 6.07) is 16.9. The van der Waals surface area contributed by atoms with Crippen molar-refractivity contribution in [3.8, 4) is 0 Å². The molecule has 0 N–H and O–H groups in total. The van der Waals surface area contributed by atoms with Crippen LogP contribution >= 0.6 is 0 Å². The van der Waals surface area contributed by atoms with Gasteiger partial charge in [0.1, 0.15) is 0 Å². The number of benzene rings is 2. The number of fused-ring (bicyclic) bond motifs is 1. The molecule has 1 atom stereocenters. The van der Waals surface area contributed by atoms with E-state index in [0.717, 1.165) is 11.1 Å². The molecule has 0 aliphatic heterocycles. The Bertz CT molecular complexity index is 669. The molecule has 0 saturated carbocycles. The van der Waals surface area contributed by atoms with E-state index in [1.807, 2.05) is 48.5 Å². The second kappa shape index (κ2) is 4.65. The Labute approximate surface area is 111 Å². The number of carbonyl (C=O) groups is 2. The third-order valence-corrected chi connectivity index (χ3v) is 3.33. The summed E-state index contributed by atoms with van der Waals surface area (Å²) in [6.07, 6.45) is 3.69. The van der Waals surface area contributed by atoms with Crippen LogP contribution in [0.4, 0.5) is 0 Å². The molecule has 0 spiro atoms. The van der Waals surface area contributed by atoms with Crippen LogP contribution in [0, 0.1) is 0 Å². The summed E-state index contributed by atoms with van der Waals surface area (Å²) < 4.78 is 0. The van der Waals surface area contributed by atoms with Gasteiger partial charge in [0.05, 0.1) is 5.92 Å². The number of ketones is 2. The fourth-order valence-corrected chi connectivity index (χ4v) is 2.35. The molecule has 1 aliphatic carbocycles. The van der Waals surface area contributed by atoms with Gasteiger partial charge >= 0.3 is 0 Å². The van der Waals surface area contributed by atoms with Gasteiger partial charge in [-0.25, -0.2) is 0 Å². The average Bonchev–Trinajstić information content (AvgIpc) is 2.71. The maximum Gasteiger partial charge on any atom is 0.229 e. The van der Waals surface area contributed by atoms with E-state index >= 15 is 0 Å². The largest absolute Gasteiger partial charge is 0.289 e. The van der Waals surface area contributed by atoms with Crippen molar-refractivity contribution in [2.45, 2.75) is 5.92 Å². The van der Waals surface area contributed by atoms with E-state index in [0.29, 0.717) is 5.56 Å². The second-order valence-electron chi connectivity index (χ2n) is 4.53. The van der Waals surface area contributed by atoms with Crippen LogP contribution in [0.5, 0.6) is 0 Å². The van der Waals surface area contributed by atoms with Crippen LogP contribution in [0.3, 0.4) is 0 Å². The first-order valence-electron chi connectivity index (χ1n) is 6.18. The van der Waals surface area contributed by atoms with Crippen LogP contribution < -0.4 is 0 Å². The highest BCUT2D eigenvalue weighted by molar-refractivity contribution is 6.49. The van der Waals surface area contributed by atoms with Gasteiger partial charge in [-0.15, -0.1) is 0 Å². The van der Waals surface area contributed by atoms with Crippen LogP contribution in [0.25, 0.3) is 6.08 Å². The first-order valence-corrected chi connectivity index (χ1v) is 6.18. The predicted octanol–water partition coefficient (Wildman–Crippen LogP) is 3.25. The zero-order chi connectivity index (χ0) is 13.2. The lowest BCUT2D eigenvalue weighted by molar-refractivity contribution is -0.115. The molecule has 0 radical (unpaired) electrons. The highest BCUT2D eigenvalue weighted by Crippen LogP contribution is 2.31. The Hall–Kier alpha value is -2.48. The number of Topliss-reactive ketones (excluding diaryl/α,β-unsaturated/α-hetero) is 2. The molecule has 19 heavy (non-hydrogen) atoms. The minimum Gasteiger partial charge on any atom is -0.289 e. The van der Waals surface area contributed by atoms with E-state index in [1.165, 1.54) is 0 Å². The van der Waals surface area contributed by atoms with Crippen molar-refractivity contribution in [2.75, 3.05) is 0 Å². The number of carbonyl (C=O) groups excluding carboxylic acids is 2. The Morgan fingerprint density at radius 3 is 2.32 bits per heavy atom. The fourth-order valence-electron chi connectivity index (χ4n) is 2.35. The molecule has 2 heteroatoms. The number of hydrogen-bond donors (Lipinski definition) is 0. The van der Waals surface area contributed by atoms with Gasteiger partial charge in [0.25, 0.3) is 0 Å². The van der Waals surface area contributed by atoms with Crippen molar-refractivity contribution in [3.05, 3.63) is 77.4 Å². The van der Waals surface area contributed by atoms with Crippen LogP contribution in [-0.4, -0.2) is 11.6 Å². The van der Waals surface area contributed by atoms with Crippen molar-refractivity contribution >= 4 is 17.6 Å². The zero-order valence-corrected chi connectivity index (χ0v) is 10.2. The minimum absolute atomic E-state index is 0.339. The maximum absolute atomic E-state index is 12.0. The smallest absolute Gasteiger partial charge is 0.229 e. The molecule has 2 aromatic carbocycles. The van der Waals surface area contributed by atoms with Crippen LogP contribution in [0.2, 0.25) is 0 Å². The van der Waals surface area contributed by atoms with Crippen molar-refractivity contribution in [2.24, 2.45) is 0 Å². The Morgan fingerprint density at radius 2 is 1.53 bits per heavy atom. The van der Waals surface area contributed by atoms with Gasteiger partial charge in [-0.05, 0) is 11.1 Å². The second-order valence-corrected chi connectivity index (χ2v) is 4.53. The molecule has 92 valence electrons. The summed E-state index contributed by atoms with van der Waals surface area (Å²) in [4.78, 5) is 23.8. The van der Waals surface area contributed by atoms with E-state index in [1.54, 1.807) is 18.2 Å². The lowest BCUT2D eigenvalue weighted by Crippen LogP contribution is -2.10. The summed E-state index contributed by atoms with van der Waals surface area (Å²) in [5.74, 6) is -1.16. The highest BCUT2D eigenvalue weighted by atomic mass is 16.2. The molecule has 0 heterocycles. The SMILES string of the molecule is O=C1C(=O)C(C=Cc2ccccc2)c2ccccc21.